The van der Waals surface area contributed by atoms with Gasteiger partial charge in [0.25, 0.3) is 0 Å². The molecule has 0 saturated carbocycles. The van der Waals surface area contributed by atoms with E-state index < -0.39 is 0 Å². The molecule has 0 fully saturated rings. The third kappa shape index (κ3) is 3.03. The van der Waals surface area contributed by atoms with Gasteiger partial charge in [-0.25, -0.2) is 0 Å². The summed E-state index contributed by atoms with van der Waals surface area (Å²) >= 11 is 0. The first-order valence-electron chi connectivity index (χ1n) is 7.37. The van der Waals surface area contributed by atoms with Crippen molar-refractivity contribution < 1.29 is 14.3 Å². The standard InChI is InChI=1S/C19H18O3/c1-21-17-10-6-5-9-15(17)13-16-11-12-18(22-19(16)20)14-7-3-2-4-8-14/h2-10,12,16H,11,13H2,1H3. The number of benzene rings is 2. The van der Waals surface area contributed by atoms with Crippen LogP contribution in [0.1, 0.15) is 17.5 Å². The summed E-state index contributed by atoms with van der Waals surface area (Å²) in [5, 5.41) is 0. The summed E-state index contributed by atoms with van der Waals surface area (Å²) in [6.07, 6.45) is 3.30. The third-order valence-electron chi connectivity index (χ3n) is 3.85. The summed E-state index contributed by atoms with van der Waals surface area (Å²) < 4.78 is 10.9. The Balaban J connectivity index is 1.75. The van der Waals surface area contributed by atoms with E-state index in [2.05, 4.69) is 0 Å². The quantitative estimate of drug-likeness (QED) is 0.804. The molecule has 3 nitrogen and oxygen atoms in total. The van der Waals surface area contributed by atoms with Crippen molar-refractivity contribution in [3.8, 4) is 5.75 Å². The van der Waals surface area contributed by atoms with Gasteiger partial charge in [0.15, 0.2) is 0 Å². The molecular weight excluding hydrogens is 276 g/mol. The number of para-hydroxylation sites is 1. The maximum atomic E-state index is 12.3. The molecule has 0 aliphatic carbocycles. The molecule has 1 heterocycles. The van der Waals surface area contributed by atoms with Gasteiger partial charge in [0.2, 0.25) is 0 Å². The van der Waals surface area contributed by atoms with Crippen LogP contribution >= 0.6 is 0 Å². The van der Waals surface area contributed by atoms with Gasteiger partial charge in [-0.2, -0.15) is 0 Å². The molecule has 0 bridgehead atoms. The maximum Gasteiger partial charge on any atom is 0.314 e. The molecule has 3 rings (SSSR count). The van der Waals surface area contributed by atoms with E-state index in [1.54, 1.807) is 7.11 Å². The molecule has 0 amide bonds. The van der Waals surface area contributed by atoms with E-state index in [1.807, 2.05) is 60.7 Å². The lowest BCUT2D eigenvalue weighted by molar-refractivity contribution is -0.142. The molecule has 1 aliphatic heterocycles. The number of hydrogen-bond acceptors (Lipinski definition) is 3. The summed E-state index contributed by atoms with van der Waals surface area (Å²) in [4.78, 5) is 12.3. The van der Waals surface area contributed by atoms with E-state index >= 15 is 0 Å². The number of esters is 1. The van der Waals surface area contributed by atoms with Gasteiger partial charge < -0.3 is 9.47 Å². The lowest BCUT2D eigenvalue weighted by atomic mass is 9.93. The van der Waals surface area contributed by atoms with E-state index in [0.717, 1.165) is 16.9 Å². The highest BCUT2D eigenvalue weighted by Crippen LogP contribution is 2.29. The number of methoxy groups -OCH3 is 1. The van der Waals surface area contributed by atoms with Crippen LogP contribution in [0.4, 0.5) is 0 Å². The Hall–Kier alpha value is -2.55. The Kier molecular flexibility index (Phi) is 4.24. The van der Waals surface area contributed by atoms with Crippen molar-refractivity contribution in [1.29, 1.82) is 0 Å². The van der Waals surface area contributed by atoms with Gasteiger partial charge >= 0.3 is 5.97 Å². The van der Waals surface area contributed by atoms with E-state index in [9.17, 15) is 4.79 Å². The van der Waals surface area contributed by atoms with Crippen LogP contribution in [0.25, 0.3) is 5.76 Å². The van der Waals surface area contributed by atoms with Gasteiger partial charge in [-0.05, 0) is 30.5 Å². The zero-order valence-corrected chi connectivity index (χ0v) is 12.5. The number of cyclic esters (lactones) is 1. The fraction of sp³-hybridized carbons (Fsp3) is 0.211. The maximum absolute atomic E-state index is 12.3. The second kappa shape index (κ2) is 6.48. The highest BCUT2D eigenvalue weighted by atomic mass is 16.5. The van der Waals surface area contributed by atoms with Crippen LogP contribution in [0.2, 0.25) is 0 Å². The van der Waals surface area contributed by atoms with Crippen molar-refractivity contribution in [1.82, 2.24) is 0 Å². The Morgan fingerprint density at radius 2 is 1.82 bits per heavy atom. The number of rotatable bonds is 4. The fourth-order valence-electron chi connectivity index (χ4n) is 2.66. The van der Waals surface area contributed by atoms with Crippen LogP contribution in [0.5, 0.6) is 5.75 Å². The second-order valence-corrected chi connectivity index (χ2v) is 5.30. The first-order valence-corrected chi connectivity index (χ1v) is 7.37. The number of carbonyl (C=O) groups excluding carboxylic acids is 1. The summed E-state index contributed by atoms with van der Waals surface area (Å²) in [5.41, 5.74) is 1.97. The Bertz CT molecular complexity index is 689. The smallest absolute Gasteiger partial charge is 0.314 e. The highest BCUT2D eigenvalue weighted by molar-refractivity contribution is 5.82. The van der Waals surface area contributed by atoms with Crippen molar-refractivity contribution in [2.45, 2.75) is 12.8 Å². The largest absolute Gasteiger partial charge is 0.496 e. The summed E-state index contributed by atoms with van der Waals surface area (Å²) in [6.45, 7) is 0. The normalized spacial score (nSPS) is 17.6. The van der Waals surface area contributed by atoms with E-state index in [1.165, 1.54) is 0 Å². The first-order chi connectivity index (χ1) is 10.8. The molecule has 112 valence electrons. The van der Waals surface area contributed by atoms with Gasteiger partial charge in [-0.15, -0.1) is 0 Å². The third-order valence-corrected chi connectivity index (χ3v) is 3.85. The van der Waals surface area contributed by atoms with Gasteiger partial charge in [-0.3, -0.25) is 4.79 Å². The number of carbonyl (C=O) groups is 1. The zero-order chi connectivity index (χ0) is 15.4. The van der Waals surface area contributed by atoms with Crippen LogP contribution in [-0.4, -0.2) is 13.1 Å². The average molecular weight is 294 g/mol. The SMILES string of the molecule is COc1ccccc1CC1CC=C(c2ccccc2)OC1=O. The molecule has 22 heavy (non-hydrogen) atoms. The summed E-state index contributed by atoms with van der Waals surface area (Å²) in [7, 11) is 1.64. The predicted octanol–water partition coefficient (Wildman–Crippen LogP) is 3.84. The van der Waals surface area contributed by atoms with E-state index in [-0.39, 0.29) is 11.9 Å². The van der Waals surface area contributed by atoms with E-state index in [4.69, 9.17) is 9.47 Å². The Morgan fingerprint density at radius 1 is 1.09 bits per heavy atom. The number of ether oxygens (including phenoxy) is 2. The monoisotopic (exact) mass is 294 g/mol. The molecule has 1 unspecified atom stereocenters. The van der Waals surface area contributed by atoms with Crippen molar-refractivity contribution in [2.24, 2.45) is 5.92 Å². The lowest BCUT2D eigenvalue weighted by Gasteiger charge is -2.22. The summed E-state index contributed by atoms with van der Waals surface area (Å²) in [5.74, 6) is 1.13. The van der Waals surface area contributed by atoms with Gasteiger partial charge in [0.05, 0.1) is 13.0 Å². The number of hydrogen-bond donors (Lipinski definition) is 0. The van der Waals surface area contributed by atoms with Crippen molar-refractivity contribution in [3.63, 3.8) is 0 Å². The topological polar surface area (TPSA) is 35.5 Å². The molecule has 2 aromatic rings. The van der Waals surface area contributed by atoms with Crippen LogP contribution in [0, 0.1) is 5.92 Å². The van der Waals surface area contributed by atoms with Gasteiger partial charge in [-0.1, -0.05) is 48.5 Å². The first kappa shape index (κ1) is 14.4. The minimum Gasteiger partial charge on any atom is -0.496 e. The number of allylic oxidation sites excluding steroid dienone is 1. The molecule has 0 radical (unpaired) electrons. The molecule has 2 aromatic carbocycles. The summed E-state index contributed by atoms with van der Waals surface area (Å²) in [6, 6.07) is 17.5. The van der Waals surface area contributed by atoms with Crippen LogP contribution in [0.3, 0.4) is 0 Å². The van der Waals surface area contributed by atoms with Crippen LogP contribution in [-0.2, 0) is 16.0 Å². The molecule has 1 aliphatic rings. The molecule has 0 aromatic heterocycles. The van der Waals surface area contributed by atoms with Crippen LogP contribution < -0.4 is 4.74 Å². The average Bonchev–Trinajstić information content (AvgIpc) is 2.58. The predicted molar refractivity (Wildman–Crippen MR) is 85.3 cm³/mol. The van der Waals surface area contributed by atoms with E-state index in [0.29, 0.717) is 18.6 Å². The molecule has 0 spiro atoms. The zero-order valence-electron chi connectivity index (χ0n) is 12.5. The fourth-order valence-corrected chi connectivity index (χ4v) is 2.66. The van der Waals surface area contributed by atoms with Gasteiger partial charge in [0, 0.05) is 5.56 Å². The highest BCUT2D eigenvalue weighted by Gasteiger charge is 2.26. The van der Waals surface area contributed by atoms with Gasteiger partial charge in [0.1, 0.15) is 11.5 Å². The molecule has 1 atom stereocenters. The minimum absolute atomic E-state index is 0.163. The van der Waals surface area contributed by atoms with Crippen LogP contribution in [0.15, 0.2) is 60.7 Å². The molecular formula is C19H18O3. The Morgan fingerprint density at radius 3 is 2.55 bits per heavy atom. The molecule has 0 N–H and O–H groups in total. The lowest BCUT2D eigenvalue weighted by Crippen LogP contribution is -2.23. The molecule has 0 saturated heterocycles. The molecule has 3 heteroatoms. The Labute approximate surface area is 130 Å². The van der Waals surface area contributed by atoms with Crippen molar-refractivity contribution in [3.05, 3.63) is 71.8 Å². The minimum atomic E-state index is -0.174. The van der Waals surface area contributed by atoms with Crippen molar-refractivity contribution in [2.75, 3.05) is 7.11 Å². The van der Waals surface area contributed by atoms with Crippen molar-refractivity contribution >= 4 is 11.7 Å². The second-order valence-electron chi connectivity index (χ2n) is 5.30.